The fourth-order valence-electron chi connectivity index (χ4n) is 4.71. The minimum absolute atomic E-state index is 0.00500. The maximum Gasteiger partial charge on any atom is 0.254 e. The number of carbonyl (C=O) groups is 1. The Morgan fingerprint density at radius 1 is 1.20 bits per heavy atom. The van der Waals surface area contributed by atoms with Gasteiger partial charge in [-0.3, -0.25) is 9.10 Å². The fourth-order valence-corrected chi connectivity index (χ4v) is 7.09. The largest absolute Gasteiger partial charge is 0.329 e. The first kappa shape index (κ1) is 19.5. The monoisotopic (exact) mass is 441 g/mol. The average Bonchev–Trinajstić information content (AvgIpc) is 3.40. The predicted molar refractivity (Wildman–Crippen MR) is 120 cm³/mol. The number of aromatic nitrogens is 1. The van der Waals surface area contributed by atoms with Crippen LogP contribution >= 0.6 is 11.3 Å². The highest BCUT2D eigenvalue weighted by Gasteiger charge is 2.35. The zero-order chi connectivity index (χ0) is 21.0. The van der Waals surface area contributed by atoms with Gasteiger partial charge in [-0.05, 0) is 62.1 Å². The van der Waals surface area contributed by atoms with Crippen LogP contribution < -0.4 is 4.31 Å². The molecule has 1 saturated heterocycles. The lowest BCUT2D eigenvalue weighted by Crippen LogP contribution is -2.34. The first-order valence-corrected chi connectivity index (χ1v) is 12.8. The van der Waals surface area contributed by atoms with Gasteiger partial charge in [0, 0.05) is 18.2 Å². The second kappa shape index (κ2) is 7.06. The van der Waals surface area contributed by atoms with Crippen LogP contribution in [0.4, 0.5) is 5.69 Å². The Labute approximate surface area is 180 Å². The zero-order valence-corrected chi connectivity index (χ0v) is 18.5. The molecule has 156 valence electrons. The Morgan fingerprint density at radius 3 is 2.77 bits per heavy atom. The number of amides is 1. The Kier molecular flexibility index (Phi) is 4.59. The third kappa shape index (κ3) is 3.18. The summed E-state index contributed by atoms with van der Waals surface area (Å²) >= 11 is 1.66. The quantitative estimate of drug-likeness (QED) is 0.616. The minimum atomic E-state index is -3.34. The van der Waals surface area contributed by atoms with E-state index in [0.29, 0.717) is 24.2 Å². The van der Waals surface area contributed by atoms with Gasteiger partial charge >= 0.3 is 0 Å². The van der Waals surface area contributed by atoms with Gasteiger partial charge in [-0.2, -0.15) is 0 Å². The minimum Gasteiger partial charge on any atom is -0.329 e. The van der Waals surface area contributed by atoms with Crippen molar-refractivity contribution in [1.29, 1.82) is 0 Å². The summed E-state index contributed by atoms with van der Waals surface area (Å²) in [4.78, 5) is 20.1. The summed E-state index contributed by atoms with van der Waals surface area (Å²) < 4.78 is 26.9. The molecule has 0 bridgehead atoms. The molecule has 3 aromatic rings. The molecular weight excluding hydrogens is 418 g/mol. The molecule has 2 aromatic carbocycles. The van der Waals surface area contributed by atoms with E-state index in [9.17, 15) is 13.2 Å². The third-order valence-electron chi connectivity index (χ3n) is 5.95. The Morgan fingerprint density at radius 2 is 2.00 bits per heavy atom. The number of nitrogens with zero attached hydrogens (tertiary/aromatic N) is 3. The molecule has 1 amide bonds. The summed E-state index contributed by atoms with van der Waals surface area (Å²) in [5, 5.41) is 0.986. The lowest BCUT2D eigenvalue weighted by atomic mass is 10.1. The molecule has 3 heterocycles. The average molecular weight is 442 g/mol. The van der Waals surface area contributed by atoms with Crippen LogP contribution in [0.2, 0.25) is 0 Å². The highest BCUT2D eigenvalue weighted by atomic mass is 32.2. The smallest absolute Gasteiger partial charge is 0.254 e. The van der Waals surface area contributed by atoms with Gasteiger partial charge in [0.15, 0.2) is 0 Å². The number of para-hydroxylation sites is 1. The van der Waals surface area contributed by atoms with Crippen LogP contribution in [-0.2, 0) is 16.4 Å². The number of likely N-dealkylation sites (tertiary alicyclic amines) is 1. The number of benzene rings is 2. The van der Waals surface area contributed by atoms with E-state index in [1.165, 1.54) is 10.6 Å². The van der Waals surface area contributed by atoms with E-state index in [2.05, 4.69) is 6.07 Å². The van der Waals surface area contributed by atoms with Crippen molar-refractivity contribution in [3.8, 4) is 0 Å². The van der Waals surface area contributed by atoms with Gasteiger partial charge in [-0.15, -0.1) is 11.3 Å². The van der Waals surface area contributed by atoms with Crippen LogP contribution in [0, 0.1) is 0 Å². The highest BCUT2D eigenvalue weighted by molar-refractivity contribution is 7.92. The van der Waals surface area contributed by atoms with E-state index in [-0.39, 0.29) is 18.0 Å². The number of thiazole rings is 1. The van der Waals surface area contributed by atoms with Crippen LogP contribution in [0.5, 0.6) is 0 Å². The molecule has 0 aliphatic carbocycles. The normalized spacial score (nSPS) is 21.4. The molecule has 2 aliphatic heterocycles. The molecule has 0 radical (unpaired) electrons. The Bertz CT molecular complexity index is 1220. The second-order valence-corrected chi connectivity index (χ2v) is 11.1. The van der Waals surface area contributed by atoms with Crippen molar-refractivity contribution in [2.75, 3.05) is 17.1 Å². The maximum atomic E-state index is 13.4. The number of fused-ring (bicyclic) bond motifs is 2. The fraction of sp³-hybridized carbons (Fsp3) is 0.364. The summed E-state index contributed by atoms with van der Waals surface area (Å²) in [7, 11) is -3.34. The van der Waals surface area contributed by atoms with Gasteiger partial charge in [0.25, 0.3) is 5.91 Å². The molecule has 2 aliphatic rings. The van der Waals surface area contributed by atoms with Gasteiger partial charge < -0.3 is 4.90 Å². The van der Waals surface area contributed by atoms with E-state index in [1.807, 2.05) is 36.1 Å². The van der Waals surface area contributed by atoms with Gasteiger partial charge in [0.1, 0.15) is 5.01 Å². The predicted octanol–water partition coefficient (Wildman–Crippen LogP) is 3.98. The van der Waals surface area contributed by atoms with Gasteiger partial charge in [-0.1, -0.05) is 12.1 Å². The van der Waals surface area contributed by atoms with Crippen molar-refractivity contribution < 1.29 is 13.2 Å². The van der Waals surface area contributed by atoms with Crippen molar-refractivity contribution in [1.82, 2.24) is 9.88 Å². The number of hydrogen-bond donors (Lipinski definition) is 0. The molecule has 8 heteroatoms. The molecule has 30 heavy (non-hydrogen) atoms. The van der Waals surface area contributed by atoms with E-state index in [0.717, 1.165) is 33.6 Å². The van der Waals surface area contributed by atoms with Crippen LogP contribution in [-0.4, -0.2) is 43.1 Å². The van der Waals surface area contributed by atoms with Gasteiger partial charge in [-0.25, -0.2) is 13.4 Å². The number of carbonyl (C=O) groups excluding carboxylic acids is 1. The van der Waals surface area contributed by atoms with Crippen molar-refractivity contribution in [2.45, 2.75) is 38.3 Å². The van der Waals surface area contributed by atoms with E-state index >= 15 is 0 Å². The standard InChI is InChI=1S/C22H23N3O3S2/c1-14-12-16-13-15(9-10-18(16)25(14)30(2,27)28)22(26)24-11-5-7-19(24)21-23-17-6-3-4-8-20(17)29-21/h3-4,6,8-10,13-14,19H,5,7,11-12H2,1-2H3/t14-,19-/m0/s1. The van der Waals surface area contributed by atoms with Crippen LogP contribution in [0.25, 0.3) is 10.2 Å². The highest BCUT2D eigenvalue weighted by Crippen LogP contribution is 2.39. The summed E-state index contributed by atoms with van der Waals surface area (Å²) in [5.41, 5.74) is 3.19. The van der Waals surface area contributed by atoms with E-state index in [1.54, 1.807) is 23.5 Å². The lowest BCUT2D eigenvalue weighted by molar-refractivity contribution is 0.0735. The van der Waals surface area contributed by atoms with Crippen molar-refractivity contribution in [2.24, 2.45) is 0 Å². The molecule has 0 saturated carbocycles. The summed E-state index contributed by atoms with van der Waals surface area (Å²) in [5.74, 6) is -0.00925. The van der Waals surface area contributed by atoms with Crippen LogP contribution in [0.1, 0.15) is 46.7 Å². The van der Waals surface area contributed by atoms with E-state index in [4.69, 9.17) is 4.98 Å². The lowest BCUT2D eigenvalue weighted by Gasteiger charge is -2.24. The van der Waals surface area contributed by atoms with Crippen LogP contribution in [0.3, 0.4) is 0 Å². The van der Waals surface area contributed by atoms with Gasteiger partial charge in [0.2, 0.25) is 10.0 Å². The number of rotatable bonds is 3. The van der Waals surface area contributed by atoms with Crippen molar-refractivity contribution >= 4 is 43.2 Å². The second-order valence-electron chi connectivity index (χ2n) is 8.13. The number of anilines is 1. The molecule has 0 N–H and O–H groups in total. The number of hydrogen-bond acceptors (Lipinski definition) is 5. The molecule has 1 aromatic heterocycles. The SMILES string of the molecule is C[C@H]1Cc2cc(C(=O)N3CCC[C@H]3c3nc4ccccc4s3)ccc2N1S(C)(=O)=O. The van der Waals surface area contributed by atoms with Crippen molar-refractivity contribution in [3.63, 3.8) is 0 Å². The van der Waals surface area contributed by atoms with Crippen molar-refractivity contribution in [3.05, 3.63) is 58.6 Å². The Balaban J connectivity index is 1.45. The summed E-state index contributed by atoms with van der Waals surface area (Å²) in [6.45, 7) is 2.61. The molecule has 1 fully saturated rings. The van der Waals surface area contributed by atoms with Gasteiger partial charge in [0.05, 0.1) is 28.2 Å². The third-order valence-corrected chi connectivity index (χ3v) is 8.35. The molecule has 6 nitrogen and oxygen atoms in total. The number of sulfonamides is 1. The molecule has 5 rings (SSSR count). The first-order valence-electron chi connectivity index (χ1n) is 10.1. The molecule has 0 unspecified atom stereocenters. The van der Waals surface area contributed by atoms with Crippen LogP contribution in [0.15, 0.2) is 42.5 Å². The van der Waals surface area contributed by atoms with E-state index < -0.39 is 10.0 Å². The zero-order valence-electron chi connectivity index (χ0n) is 16.9. The summed E-state index contributed by atoms with van der Waals surface area (Å²) in [6.07, 6.45) is 3.71. The Hall–Kier alpha value is -2.45. The first-order chi connectivity index (χ1) is 14.3. The molecular formula is C22H23N3O3S2. The topological polar surface area (TPSA) is 70.6 Å². The molecule has 0 spiro atoms. The summed E-state index contributed by atoms with van der Waals surface area (Å²) in [6, 6.07) is 13.3. The molecule has 2 atom stereocenters. The maximum absolute atomic E-state index is 13.4.